The van der Waals surface area contributed by atoms with Crippen molar-refractivity contribution in [3.05, 3.63) is 65.2 Å². The van der Waals surface area contributed by atoms with Crippen molar-refractivity contribution in [1.29, 1.82) is 0 Å². The van der Waals surface area contributed by atoms with Gasteiger partial charge in [-0.1, -0.05) is 18.2 Å². The fourth-order valence-electron chi connectivity index (χ4n) is 2.09. The summed E-state index contributed by atoms with van der Waals surface area (Å²) in [6.45, 7) is 5.01. The van der Waals surface area contributed by atoms with Gasteiger partial charge in [0.05, 0.1) is 13.7 Å². The van der Waals surface area contributed by atoms with Crippen molar-refractivity contribution in [3.8, 4) is 11.5 Å². The van der Waals surface area contributed by atoms with Crippen LogP contribution in [0.15, 0.2) is 48.5 Å². The van der Waals surface area contributed by atoms with E-state index in [1.165, 1.54) is 17.2 Å². The Balaban J connectivity index is 1.72. The molecule has 2 aromatic rings. The summed E-state index contributed by atoms with van der Waals surface area (Å²) in [7, 11) is 1.62. The molecule has 126 valence electrons. The van der Waals surface area contributed by atoms with Gasteiger partial charge in [-0.05, 0) is 60.9 Å². The average molecular weight is 325 g/mol. The smallest absolute Gasteiger partial charge is 0.244 e. The van der Waals surface area contributed by atoms with Crippen LogP contribution >= 0.6 is 0 Å². The maximum absolute atomic E-state index is 11.8. The Kier molecular flexibility index (Phi) is 6.43. The van der Waals surface area contributed by atoms with E-state index in [1.807, 2.05) is 49.4 Å². The maximum atomic E-state index is 11.8. The number of hydrogen-bond donors (Lipinski definition) is 1. The summed E-state index contributed by atoms with van der Waals surface area (Å²) in [5.41, 5.74) is 3.37. The van der Waals surface area contributed by atoms with Crippen LogP contribution in [0.3, 0.4) is 0 Å². The van der Waals surface area contributed by atoms with Crippen molar-refractivity contribution in [3.63, 3.8) is 0 Å². The molecule has 0 saturated heterocycles. The highest BCUT2D eigenvalue weighted by Crippen LogP contribution is 2.16. The lowest BCUT2D eigenvalue weighted by Gasteiger charge is -2.08. The number of carbonyl (C=O) groups excluding carboxylic acids is 1. The van der Waals surface area contributed by atoms with Gasteiger partial charge in [0.2, 0.25) is 5.91 Å². The summed E-state index contributed by atoms with van der Waals surface area (Å²) >= 11 is 0. The summed E-state index contributed by atoms with van der Waals surface area (Å²) < 4.78 is 10.7. The highest BCUT2D eigenvalue weighted by Gasteiger charge is 1.99. The number of hydrogen-bond acceptors (Lipinski definition) is 3. The second-order valence-corrected chi connectivity index (χ2v) is 5.49. The molecular formula is C20H23NO3. The third kappa shape index (κ3) is 5.47. The van der Waals surface area contributed by atoms with Crippen molar-refractivity contribution < 1.29 is 14.3 Å². The first-order valence-corrected chi connectivity index (χ1v) is 7.88. The molecule has 0 heterocycles. The van der Waals surface area contributed by atoms with Gasteiger partial charge in [0.25, 0.3) is 0 Å². The van der Waals surface area contributed by atoms with E-state index in [4.69, 9.17) is 9.47 Å². The first kappa shape index (κ1) is 17.6. The van der Waals surface area contributed by atoms with Crippen LogP contribution in [0.1, 0.15) is 16.7 Å². The van der Waals surface area contributed by atoms with Crippen molar-refractivity contribution in [2.24, 2.45) is 0 Å². The molecule has 24 heavy (non-hydrogen) atoms. The molecule has 4 nitrogen and oxygen atoms in total. The Morgan fingerprint density at radius 1 is 1.04 bits per heavy atom. The molecule has 0 spiro atoms. The van der Waals surface area contributed by atoms with Gasteiger partial charge in [0.1, 0.15) is 18.1 Å². The molecule has 0 radical (unpaired) electrons. The second kappa shape index (κ2) is 8.77. The number of methoxy groups -OCH3 is 1. The Hall–Kier alpha value is -2.75. The third-order valence-corrected chi connectivity index (χ3v) is 3.69. The topological polar surface area (TPSA) is 47.6 Å². The second-order valence-electron chi connectivity index (χ2n) is 5.49. The molecule has 0 aliphatic heterocycles. The van der Waals surface area contributed by atoms with Crippen LogP contribution in [-0.2, 0) is 4.79 Å². The lowest BCUT2D eigenvalue weighted by Crippen LogP contribution is -2.26. The van der Waals surface area contributed by atoms with Gasteiger partial charge in [-0.25, -0.2) is 0 Å². The minimum atomic E-state index is -0.144. The minimum Gasteiger partial charge on any atom is -0.497 e. The quantitative estimate of drug-likeness (QED) is 0.626. The van der Waals surface area contributed by atoms with Crippen LogP contribution < -0.4 is 14.8 Å². The van der Waals surface area contributed by atoms with Crippen molar-refractivity contribution in [2.75, 3.05) is 20.3 Å². The number of benzene rings is 2. The number of rotatable bonds is 7. The number of aryl methyl sites for hydroxylation is 2. The van der Waals surface area contributed by atoms with Crippen LogP contribution in [0, 0.1) is 13.8 Å². The summed E-state index contributed by atoms with van der Waals surface area (Å²) in [5, 5.41) is 2.80. The number of nitrogens with one attached hydrogen (secondary N) is 1. The van der Waals surface area contributed by atoms with Crippen molar-refractivity contribution in [1.82, 2.24) is 5.32 Å². The molecule has 2 aromatic carbocycles. The van der Waals surface area contributed by atoms with Crippen LogP contribution in [0.25, 0.3) is 6.08 Å². The van der Waals surface area contributed by atoms with Gasteiger partial charge < -0.3 is 14.8 Å². The summed E-state index contributed by atoms with van der Waals surface area (Å²) in [6.07, 6.45) is 3.27. The van der Waals surface area contributed by atoms with E-state index in [2.05, 4.69) is 12.2 Å². The molecule has 0 atom stereocenters. The molecule has 0 unspecified atom stereocenters. The van der Waals surface area contributed by atoms with Gasteiger partial charge in [0.15, 0.2) is 0 Å². The number of amides is 1. The van der Waals surface area contributed by atoms with E-state index >= 15 is 0 Å². The fourth-order valence-corrected chi connectivity index (χ4v) is 2.09. The molecule has 0 fully saturated rings. The van der Waals surface area contributed by atoms with Crippen LogP contribution in [-0.4, -0.2) is 26.2 Å². The third-order valence-electron chi connectivity index (χ3n) is 3.69. The Morgan fingerprint density at radius 3 is 2.42 bits per heavy atom. The zero-order chi connectivity index (χ0) is 17.4. The van der Waals surface area contributed by atoms with E-state index in [0.29, 0.717) is 13.2 Å². The van der Waals surface area contributed by atoms with Crippen LogP contribution in [0.4, 0.5) is 0 Å². The van der Waals surface area contributed by atoms with E-state index in [-0.39, 0.29) is 5.91 Å². The lowest BCUT2D eigenvalue weighted by atomic mass is 10.1. The Labute approximate surface area is 143 Å². The molecule has 4 heteroatoms. The van der Waals surface area contributed by atoms with E-state index in [0.717, 1.165) is 17.1 Å². The van der Waals surface area contributed by atoms with Crippen LogP contribution in [0.2, 0.25) is 0 Å². The van der Waals surface area contributed by atoms with Crippen molar-refractivity contribution in [2.45, 2.75) is 13.8 Å². The molecule has 1 amide bonds. The van der Waals surface area contributed by atoms with Gasteiger partial charge in [0, 0.05) is 6.08 Å². The molecular weight excluding hydrogens is 302 g/mol. The average Bonchev–Trinajstić information content (AvgIpc) is 2.60. The van der Waals surface area contributed by atoms with Gasteiger partial charge in [-0.2, -0.15) is 0 Å². The first-order chi connectivity index (χ1) is 11.6. The monoisotopic (exact) mass is 325 g/mol. The lowest BCUT2D eigenvalue weighted by molar-refractivity contribution is -0.116. The molecule has 0 bridgehead atoms. The molecule has 0 aromatic heterocycles. The largest absolute Gasteiger partial charge is 0.497 e. The van der Waals surface area contributed by atoms with Crippen molar-refractivity contribution >= 4 is 12.0 Å². The van der Waals surface area contributed by atoms with Gasteiger partial charge >= 0.3 is 0 Å². The minimum absolute atomic E-state index is 0.144. The molecule has 0 saturated carbocycles. The normalized spacial score (nSPS) is 10.6. The van der Waals surface area contributed by atoms with Gasteiger partial charge in [-0.15, -0.1) is 0 Å². The van der Waals surface area contributed by atoms with E-state index in [1.54, 1.807) is 13.2 Å². The Bertz CT molecular complexity index is 705. The van der Waals surface area contributed by atoms with E-state index < -0.39 is 0 Å². The maximum Gasteiger partial charge on any atom is 0.244 e. The van der Waals surface area contributed by atoms with E-state index in [9.17, 15) is 4.79 Å². The molecule has 2 rings (SSSR count). The molecule has 0 aliphatic carbocycles. The highest BCUT2D eigenvalue weighted by molar-refractivity contribution is 5.91. The number of carbonyl (C=O) groups is 1. The summed E-state index contributed by atoms with van der Waals surface area (Å²) in [6, 6.07) is 13.5. The SMILES string of the molecule is COc1ccc(/C=C/C(=O)NCCOc2ccc(C)c(C)c2)cc1. The predicted molar refractivity (Wildman–Crippen MR) is 96.4 cm³/mol. The standard InChI is InChI=1S/C20H23NO3/c1-15-4-8-19(14-16(15)2)24-13-12-21-20(22)11-7-17-5-9-18(23-3)10-6-17/h4-11,14H,12-13H2,1-3H3,(H,21,22)/b11-7+. The predicted octanol–water partition coefficient (Wildman–Crippen LogP) is 3.52. The summed E-state index contributed by atoms with van der Waals surface area (Å²) in [4.78, 5) is 11.8. The summed E-state index contributed by atoms with van der Waals surface area (Å²) in [5.74, 6) is 1.47. The molecule has 1 N–H and O–H groups in total. The number of ether oxygens (including phenoxy) is 2. The zero-order valence-electron chi connectivity index (χ0n) is 14.3. The van der Waals surface area contributed by atoms with Gasteiger partial charge in [-0.3, -0.25) is 4.79 Å². The Morgan fingerprint density at radius 2 is 1.75 bits per heavy atom. The zero-order valence-corrected chi connectivity index (χ0v) is 14.3. The first-order valence-electron chi connectivity index (χ1n) is 7.88. The van der Waals surface area contributed by atoms with Crippen LogP contribution in [0.5, 0.6) is 11.5 Å². The highest BCUT2D eigenvalue weighted by atomic mass is 16.5. The molecule has 0 aliphatic rings. The fraction of sp³-hybridized carbons (Fsp3) is 0.250.